The fourth-order valence-corrected chi connectivity index (χ4v) is 10.5. The van der Waals surface area contributed by atoms with Crippen LogP contribution in [-0.2, 0) is 25.5 Å². The molecule has 0 aromatic carbocycles. The molecule has 242 valence electrons. The molecule has 0 amide bonds. The lowest BCUT2D eigenvalue weighted by molar-refractivity contribution is -0.282. The van der Waals surface area contributed by atoms with Gasteiger partial charge in [0.25, 0.3) is 0 Å². The Morgan fingerprint density at radius 1 is 1.09 bits per heavy atom. The van der Waals surface area contributed by atoms with Gasteiger partial charge in [-0.2, -0.15) is 0 Å². The van der Waals surface area contributed by atoms with Crippen molar-refractivity contribution >= 4 is 12.2 Å². The monoisotopic (exact) mass is 613 g/mol. The van der Waals surface area contributed by atoms with Crippen LogP contribution in [0.15, 0.2) is 39.5 Å². The summed E-state index contributed by atoms with van der Waals surface area (Å²) >= 11 is 0. The summed E-state index contributed by atoms with van der Waals surface area (Å²) in [6, 6.07) is 3.74. The number of nitrogens with zero attached hydrogens (tertiary/aromatic N) is 1. The normalized spacial score (nSPS) is 48.9. The van der Waals surface area contributed by atoms with E-state index in [0.717, 1.165) is 30.6 Å². The van der Waals surface area contributed by atoms with E-state index in [1.165, 1.54) is 0 Å². The summed E-state index contributed by atoms with van der Waals surface area (Å²) in [7, 11) is 0. The highest BCUT2D eigenvalue weighted by Crippen LogP contribution is 2.70. The van der Waals surface area contributed by atoms with Crippen LogP contribution in [0.5, 0.6) is 0 Å². The van der Waals surface area contributed by atoms with Crippen LogP contribution in [0.25, 0.3) is 0 Å². The van der Waals surface area contributed by atoms with Crippen molar-refractivity contribution in [3.05, 3.63) is 35.8 Å². The molecule has 0 radical (unpaired) electrons. The summed E-state index contributed by atoms with van der Waals surface area (Å²) in [5, 5.41) is 45.8. The molecule has 0 spiro atoms. The lowest BCUT2D eigenvalue weighted by Gasteiger charge is -2.66. The zero-order chi connectivity index (χ0) is 30.9. The van der Waals surface area contributed by atoms with E-state index >= 15 is 0 Å². The van der Waals surface area contributed by atoms with Gasteiger partial charge in [-0.25, -0.2) is 4.79 Å². The first-order chi connectivity index (χ1) is 21.0. The number of aliphatic imine (C=N–C) groups is 1. The molecular formula is C34H47NO9. The van der Waals surface area contributed by atoms with E-state index in [0.29, 0.717) is 51.7 Å². The minimum atomic E-state index is -1.10. The van der Waals surface area contributed by atoms with Crippen LogP contribution in [0.4, 0.5) is 0 Å². The van der Waals surface area contributed by atoms with Crippen LogP contribution >= 0.6 is 0 Å². The van der Waals surface area contributed by atoms with Crippen molar-refractivity contribution < 1.29 is 43.8 Å². The Hall–Kier alpha value is -2.08. The first kappa shape index (κ1) is 30.6. The first-order valence-electron chi connectivity index (χ1n) is 16.5. The molecule has 12 atom stereocenters. The number of ether oxygens (including phenoxy) is 3. The number of cyclic esters (lactones) is 1. The van der Waals surface area contributed by atoms with E-state index in [4.69, 9.17) is 23.6 Å². The van der Waals surface area contributed by atoms with E-state index in [-0.39, 0.29) is 41.7 Å². The standard InChI is InChI=1S/C34H47NO9/c1-20-30(38)27(36)15-29(43-20)44-22-5-10-32(19-35-17-23-4-3-13-41-23)25-6-9-31(2)24(21-14-28(37)42-18-21)8-12-34(31,40)26(25)7-11-33(32,39)16-22/h3-4,13-14,19-20,22,24-27,29-30,36,38-40H,5-12,15-18H2,1-2H3/t20-,22+,24-,25+,26-,27+,29+,30-,31-,32+,33+,34+/m1/s1. The Morgan fingerprint density at radius 2 is 1.91 bits per heavy atom. The summed E-state index contributed by atoms with van der Waals surface area (Å²) in [5.41, 5.74) is -2.05. The molecule has 5 fully saturated rings. The van der Waals surface area contributed by atoms with Crippen molar-refractivity contribution in [2.24, 2.45) is 33.6 Å². The predicted octanol–water partition coefficient (Wildman–Crippen LogP) is 3.44. The van der Waals surface area contributed by atoms with Gasteiger partial charge < -0.3 is 39.1 Å². The maximum atomic E-state index is 12.7. The Balaban J connectivity index is 1.17. The lowest BCUT2D eigenvalue weighted by atomic mass is 9.41. The molecule has 4 saturated carbocycles. The number of fused-ring (bicyclic) bond motifs is 5. The third kappa shape index (κ3) is 4.66. The van der Waals surface area contributed by atoms with Crippen LogP contribution in [0.2, 0.25) is 0 Å². The van der Waals surface area contributed by atoms with Crippen molar-refractivity contribution in [1.82, 2.24) is 0 Å². The van der Waals surface area contributed by atoms with Gasteiger partial charge in [-0.3, -0.25) is 4.99 Å². The summed E-state index contributed by atoms with van der Waals surface area (Å²) in [5.74, 6) is 0.569. The molecule has 0 bridgehead atoms. The van der Waals surface area contributed by atoms with Crippen LogP contribution in [0.3, 0.4) is 0 Å². The second-order valence-electron chi connectivity index (χ2n) is 14.7. The summed E-state index contributed by atoms with van der Waals surface area (Å²) < 4.78 is 23.0. The molecule has 1 saturated heterocycles. The molecule has 2 aliphatic heterocycles. The van der Waals surface area contributed by atoms with Gasteiger partial charge in [0, 0.05) is 36.0 Å². The average molecular weight is 614 g/mol. The minimum absolute atomic E-state index is 0.0168. The van der Waals surface area contributed by atoms with Gasteiger partial charge in [-0.15, -0.1) is 0 Å². The molecule has 1 aromatic rings. The van der Waals surface area contributed by atoms with Gasteiger partial charge in [-0.05, 0) is 93.7 Å². The van der Waals surface area contributed by atoms with Crippen LogP contribution < -0.4 is 0 Å². The van der Waals surface area contributed by atoms with Crippen molar-refractivity contribution in [2.45, 2.75) is 127 Å². The summed E-state index contributed by atoms with van der Waals surface area (Å²) in [6.45, 7) is 4.61. The van der Waals surface area contributed by atoms with E-state index in [1.807, 2.05) is 18.3 Å². The highest BCUT2D eigenvalue weighted by molar-refractivity contribution is 5.85. The third-order valence-corrected chi connectivity index (χ3v) is 12.8. The molecular weight excluding hydrogens is 566 g/mol. The number of aliphatic hydroxyl groups excluding tert-OH is 2. The quantitative estimate of drug-likeness (QED) is 0.215. The number of aliphatic hydroxyl groups is 4. The van der Waals surface area contributed by atoms with Crippen LogP contribution in [0.1, 0.15) is 83.8 Å². The van der Waals surface area contributed by atoms with Gasteiger partial charge in [0.15, 0.2) is 6.29 Å². The highest BCUT2D eigenvalue weighted by Gasteiger charge is 2.71. The number of hydrogen-bond donors (Lipinski definition) is 4. The van der Waals surface area contributed by atoms with Crippen LogP contribution in [-0.4, -0.2) is 81.1 Å². The number of hydrogen-bond acceptors (Lipinski definition) is 10. The second kappa shape index (κ2) is 11.0. The minimum Gasteiger partial charge on any atom is -0.467 e. The molecule has 4 aliphatic carbocycles. The fourth-order valence-electron chi connectivity index (χ4n) is 10.5. The van der Waals surface area contributed by atoms with E-state index in [9.17, 15) is 25.2 Å². The molecule has 10 heteroatoms. The second-order valence-corrected chi connectivity index (χ2v) is 14.7. The van der Waals surface area contributed by atoms with Gasteiger partial charge in [0.1, 0.15) is 18.5 Å². The Morgan fingerprint density at radius 3 is 2.64 bits per heavy atom. The maximum Gasteiger partial charge on any atom is 0.331 e. The topological polar surface area (TPSA) is 151 Å². The molecule has 0 unspecified atom stereocenters. The highest BCUT2D eigenvalue weighted by atomic mass is 16.7. The molecule has 44 heavy (non-hydrogen) atoms. The van der Waals surface area contributed by atoms with Gasteiger partial charge in [0.05, 0.1) is 42.3 Å². The van der Waals surface area contributed by atoms with E-state index in [2.05, 4.69) is 6.92 Å². The first-order valence-corrected chi connectivity index (χ1v) is 16.5. The Labute approximate surface area is 258 Å². The maximum absolute atomic E-state index is 12.7. The molecule has 3 heterocycles. The van der Waals surface area contributed by atoms with Gasteiger partial charge in [-0.1, -0.05) is 6.92 Å². The lowest BCUT2D eigenvalue weighted by Crippen LogP contribution is -2.69. The van der Waals surface area contributed by atoms with Crippen molar-refractivity contribution in [3.8, 4) is 0 Å². The number of carbonyl (C=O) groups excluding carboxylic acids is 1. The van der Waals surface area contributed by atoms with E-state index < -0.39 is 41.2 Å². The average Bonchev–Trinajstić information content (AvgIpc) is 3.71. The third-order valence-electron chi connectivity index (χ3n) is 12.8. The molecule has 6 aliphatic rings. The fraction of sp³-hybridized carbons (Fsp3) is 0.765. The largest absolute Gasteiger partial charge is 0.467 e. The molecule has 4 N–H and O–H groups in total. The number of rotatable bonds is 6. The van der Waals surface area contributed by atoms with Crippen LogP contribution in [0, 0.1) is 28.6 Å². The molecule has 7 rings (SSSR count). The molecule has 10 nitrogen and oxygen atoms in total. The van der Waals surface area contributed by atoms with Gasteiger partial charge in [0.2, 0.25) is 0 Å². The summed E-state index contributed by atoms with van der Waals surface area (Å²) in [6.07, 6.45) is 8.14. The SMILES string of the molecule is C[C@H]1O[C@@H](O[C@H]2CC[C@]3(C=NCc4ccco4)[C@H]4CC[C@]5(C)[C@@H](C6=CC(=O)OC6)CC[C@]5(O)[C@@H]4CC[C@]3(O)C2)C[C@H](O)[C@@H]1O. The molecule has 1 aromatic heterocycles. The number of esters is 1. The van der Waals surface area contributed by atoms with Crippen molar-refractivity contribution in [2.75, 3.05) is 6.61 Å². The number of furan rings is 1. The van der Waals surface area contributed by atoms with E-state index in [1.54, 1.807) is 19.3 Å². The Kier molecular flexibility index (Phi) is 7.66. The zero-order valence-corrected chi connectivity index (χ0v) is 25.8. The zero-order valence-electron chi connectivity index (χ0n) is 25.8. The van der Waals surface area contributed by atoms with Crippen molar-refractivity contribution in [1.29, 1.82) is 0 Å². The summed E-state index contributed by atoms with van der Waals surface area (Å²) in [4.78, 5) is 16.8. The van der Waals surface area contributed by atoms with Crippen molar-refractivity contribution in [3.63, 3.8) is 0 Å². The smallest absolute Gasteiger partial charge is 0.331 e. The number of carbonyl (C=O) groups is 1. The van der Waals surface area contributed by atoms with Gasteiger partial charge >= 0.3 is 5.97 Å². The predicted molar refractivity (Wildman–Crippen MR) is 158 cm³/mol. The Bertz CT molecular complexity index is 1290.